The number of amides is 1. The fourth-order valence-corrected chi connectivity index (χ4v) is 2.72. The Morgan fingerprint density at radius 1 is 1.46 bits per heavy atom. The van der Waals surface area contributed by atoms with Crippen LogP contribution in [0.4, 0.5) is 13.2 Å². The van der Waals surface area contributed by atoms with E-state index >= 15 is 0 Å². The van der Waals surface area contributed by atoms with E-state index in [1.54, 1.807) is 13.8 Å². The summed E-state index contributed by atoms with van der Waals surface area (Å²) in [4.78, 5) is 18.0. The van der Waals surface area contributed by atoms with Crippen LogP contribution in [0.5, 0.6) is 5.75 Å². The number of piperidine rings is 1. The molecule has 1 atom stereocenters. The normalized spacial score (nSPS) is 19.2. The van der Waals surface area contributed by atoms with Crippen LogP contribution in [0.1, 0.15) is 37.2 Å². The summed E-state index contributed by atoms with van der Waals surface area (Å²) in [6.45, 7) is 2.69. The molecule has 0 radical (unpaired) electrons. The van der Waals surface area contributed by atoms with Crippen molar-refractivity contribution in [1.29, 1.82) is 0 Å². The van der Waals surface area contributed by atoms with Crippen molar-refractivity contribution >= 4 is 5.91 Å². The molecule has 0 saturated carbocycles. The van der Waals surface area contributed by atoms with Gasteiger partial charge in [-0.3, -0.25) is 4.79 Å². The summed E-state index contributed by atoms with van der Waals surface area (Å²) in [5.41, 5.74) is -1.07. The Kier molecular flexibility index (Phi) is 5.37. The predicted octanol–water partition coefficient (Wildman–Crippen LogP) is 2.65. The van der Waals surface area contributed by atoms with E-state index in [1.807, 2.05) is 0 Å². The lowest BCUT2D eigenvalue weighted by Gasteiger charge is -2.38. The van der Waals surface area contributed by atoms with E-state index in [1.165, 1.54) is 23.2 Å². The first-order valence-corrected chi connectivity index (χ1v) is 7.74. The summed E-state index contributed by atoms with van der Waals surface area (Å²) in [5.74, 6) is -0.773. The number of ether oxygens (including phenoxy) is 1. The molecule has 0 aromatic carbocycles. The van der Waals surface area contributed by atoms with Crippen LogP contribution in [0.3, 0.4) is 0 Å². The third-order valence-corrected chi connectivity index (χ3v) is 4.07. The number of hydrogen-bond donors (Lipinski definition) is 1. The molecule has 1 saturated heterocycles. The van der Waals surface area contributed by atoms with E-state index in [9.17, 15) is 23.1 Å². The summed E-state index contributed by atoms with van der Waals surface area (Å²) in [5, 5.41) is 10.1. The van der Waals surface area contributed by atoms with Gasteiger partial charge in [-0.25, -0.2) is 4.98 Å². The van der Waals surface area contributed by atoms with Crippen LogP contribution in [0.25, 0.3) is 0 Å². The second-order valence-corrected chi connectivity index (χ2v) is 6.50. The number of rotatable bonds is 4. The summed E-state index contributed by atoms with van der Waals surface area (Å²) < 4.78 is 41.8. The van der Waals surface area contributed by atoms with Gasteiger partial charge in [0.25, 0.3) is 5.91 Å². The number of pyridine rings is 1. The van der Waals surface area contributed by atoms with E-state index in [0.717, 1.165) is 6.42 Å². The molecular formula is C16H21F3N2O3. The Bertz CT molecular complexity index is 585. The van der Waals surface area contributed by atoms with Gasteiger partial charge in [-0.15, -0.1) is 0 Å². The second kappa shape index (κ2) is 6.96. The van der Waals surface area contributed by atoms with Crippen molar-refractivity contribution in [3.05, 3.63) is 24.0 Å². The molecule has 24 heavy (non-hydrogen) atoms. The molecule has 134 valence electrons. The molecule has 2 rings (SSSR count). The van der Waals surface area contributed by atoms with Gasteiger partial charge in [0.05, 0.1) is 5.60 Å². The third-order valence-electron chi connectivity index (χ3n) is 4.07. The van der Waals surface area contributed by atoms with Crippen LogP contribution >= 0.6 is 0 Å². The molecule has 8 heteroatoms. The minimum Gasteiger partial charge on any atom is -0.482 e. The lowest BCUT2D eigenvalue weighted by Crippen LogP contribution is -2.47. The van der Waals surface area contributed by atoms with Gasteiger partial charge < -0.3 is 14.7 Å². The number of carbonyl (C=O) groups excluding carboxylic acids is 1. The maximum Gasteiger partial charge on any atom is 0.422 e. The molecule has 1 N–H and O–H groups in total. The lowest BCUT2D eigenvalue weighted by atomic mass is 9.84. The molecular weight excluding hydrogens is 325 g/mol. The quantitative estimate of drug-likeness (QED) is 0.910. The Balaban J connectivity index is 2.14. The molecule has 0 spiro atoms. The number of aromatic nitrogens is 1. The van der Waals surface area contributed by atoms with Crippen molar-refractivity contribution in [2.75, 3.05) is 19.7 Å². The zero-order valence-electron chi connectivity index (χ0n) is 13.6. The molecule has 1 aromatic heterocycles. The van der Waals surface area contributed by atoms with Crippen molar-refractivity contribution in [1.82, 2.24) is 9.88 Å². The largest absolute Gasteiger partial charge is 0.482 e. The minimum absolute atomic E-state index is 0.0987. The van der Waals surface area contributed by atoms with E-state index in [4.69, 9.17) is 4.74 Å². The fourth-order valence-electron chi connectivity index (χ4n) is 2.72. The van der Waals surface area contributed by atoms with Crippen molar-refractivity contribution in [3.8, 4) is 5.75 Å². The van der Waals surface area contributed by atoms with Crippen molar-refractivity contribution in [3.63, 3.8) is 0 Å². The molecule has 1 aliphatic rings. The van der Waals surface area contributed by atoms with E-state index in [-0.39, 0.29) is 17.4 Å². The molecule has 1 fully saturated rings. The SMILES string of the molecule is CC(C)(O)C1CCCN(C(=O)c2ncccc2OCC(F)(F)F)C1. The number of halogens is 3. The minimum atomic E-state index is -4.49. The van der Waals surface area contributed by atoms with Gasteiger partial charge in [0.1, 0.15) is 0 Å². The van der Waals surface area contributed by atoms with E-state index in [2.05, 4.69) is 4.98 Å². The highest BCUT2D eigenvalue weighted by atomic mass is 19.4. The molecule has 1 amide bonds. The molecule has 0 aliphatic carbocycles. The zero-order valence-corrected chi connectivity index (χ0v) is 13.6. The van der Waals surface area contributed by atoms with Gasteiger partial charge in [0, 0.05) is 25.2 Å². The number of hydrogen-bond acceptors (Lipinski definition) is 4. The molecule has 0 bridgehead atoms. The summed E-state index contributed by atoms with van der Waals surface area (Å²) in [6.07, 6.45) is -1.66. The van der Waals surface area contributed by atoms with Crippen LogP contribution in [-0.4, -0.2) is 52.4 Å². The van der Waals surface area contributed by atoms with Gasteiger partial charge in [0.15, 0.2) is 18.1 Å². The van der Waals surface area contributed by atoms with Crippen molar-refractivity contribution in [2.24, 2.45) is 5.92 Å². The Morgan fingerprint density at radius 3 is 2.79 bits per heavy atom. The summed E-state index contributed by atoms with van der Waals surface area (Å²) in [7, 11) is 0. The average Bonchev–Trinajstić information content (AvgIpc) is 2.51. The molecule has 2 heterocycles. The number of aliphatic hydroxyl groups is 1. The number of carbonyl (C=O) groups is 1. The fraction of sp³-hybridized carbons (Fsp3) is 0.625. The Morgan fingerprint density at radius 2 is 2.17 bits per heavy atom. The highest BCUT2D eigenvalue weighted by Gasteiger charge is 2.35. The number of likely N-dealkylation sites (tertiary alicyclic amines) is 1. The summed E-state index contributed by atoms with van der Waals surface area (Å²) >= 11 is 0. The first kappa shape index (κ1) is 18.5. The maximum absolute atomic E-state index is 12.6. The van der Waals surface area contributed by atoms with Crippen LogP contribution in [0, 0.1) is 5.92 Å². The highest BCUT2D eigenvalue weighted by molar-refractivity contribution is 5.95. The van der Waals surface area contributed by atoms with Crippen LogP contribution < -0.4 is 4.74 Å². The molecule has 1 unspecified atom stereocenters. The first-order chi connectivity index (χ1) is 11.1. The second-order valence-electron chi connectivity index (χ2n) is 6.50. The van der Waals surface area contributed by atoms with Crippen molar-refractivity contribution in [2.45, 2.75) is 38.5 Å². The van der Waals surface area contributed by atoms with Crippen molar-refractivity contribution < 1.29 is 27.8 Å². The number of alkyl halides is 3. The molecule has 1 aliphatic heterocycles. The maximum atomic E-state index is 12.6. The van der Waals surface area contributed by atoms with Gasteiger partial charge in [0.2, 0.25) is 0 Å². The van der Waals surface area contributed by atoms with Crippen LogP contribution in [0.2, 0.25) is 0 Å². The van der Waals surface area contributed by atoms with Crippen LogP contribution in [-0.2, 0) is 0 Å². The van der Waals surface area contributed by atoms with E-state index in [0.29, 0.717) is 19.5 Å². The predicted molar refractivity (Wildman–Crippen MR) is 80.7 cm³/mol. The topological polar surface area (TPSA) is 62.7 Å². The van der Waals surface area contributed by atoms with Gasteiger partial charge in [-0.2, -0.15) is 13.2 Å². The van der Waals surface area contributed by atoms with Gasteiger partial charge in [-0.1, -0.05) is 0 Å². The Hall–Kier alpha value is -1.83. The smallest absolute Gasteiger partial charge is 0.422 e. The van der Waals surface area contributed by atoms with Gasteiger partial charge in [-0.05, 0) is 38.8 Å². The summed E-state index contributed by atoms with van der Waals surface area (Å²) in [6, 6.07) is 2.71. The molecule has 1 aromatic rings. The van der Waals surface area contributed by atoms with Crippen LogP contribution in [0.15, 0.2) is 18.3 Å². The standard InChI is InChI=1S/C16H21F3N2O3/c1-15(2,23)11-5-4-8-21(9-11)14(22)13-12(6-3-7-20-13)24-10-16(17,18)19/h3,6-7,11,23H,4-5,8-10H2,1-2H3. The molecule has 5 nitrogen and oxygen atoms in total. The first-order valence-electron chi connectivity index (χ1n) is 7.74. The lowest BCUT2D eigenvalue weighted by molar-refractivity contribution is -0.153. The zero-order chi connectivity index (χ0) is 18.0. The van der Waals surface area contributed by atoms with Gasteiger partial charge >= 0.3 is 6.18 Å². The highest BCUT2D eigenvalue weighted by Crippen LogP contribution is 2.29. The average molecular weight is 346 g/mol. The van der Waals surface area contributed by atoms with E-state index < -0.39 is 24.3 Å². The number of nitrogens with zero attached hydrogens (tertiary/aromatic N) is 2. The Labute approximate surface area is 138 Å². The third kappa shape index (κ3) is 4.83. The monoisotopic (exact) mass is 346 g/mol.